The molecule has 0 aromatic carbocycles. The first-order valence-corrected chi connectivity index (χ1v) is 13.4. The van der Waals surface area contributed by atoms with Gasteiger partial charge < -0.3 is 47.7 Å². The van der Waals surface area contributed by atoms with Crippen LogP contribution in [0.3, 0.4) is 0 Å². The molecule has 10 atom stereocenters. The van der Waals surface area contributed by atoms with Gasteiger partial charge in [-0.05, 0) is 13.3 Å². The number of aliphatic hydroxyl groups is 1. The number of ether oxygens (including phenoxy) is 9. The number of hydrogen-bond acceptors (Lipinski definition) is 16. The highest BCUT2D eigenvalue weighted by Crippen LogP contribution is 2.51. The van der Waals surface area contributed by atoms with Gasteiger partial charge in [-0.25, -0.2) is 4.79 Å². The Labute approximate surface area is 246 Å². The highest BCUT2D eigenvalue weighted by molar-refractivity contribution is 5.89. The zero-order valence-electron chi connectivity index (χ0n) is 24.8. The summed E-state index contributed by atoms with van der Waals surface area (Å²) in [5.41, 5.74) is -1.78. The third-order valence-corrected chi connectivity index (χ3v) is 7.20. The summed E-state index contributed by atoms with van der Waals surface area (Å²) in [6.07, 6.45) is -8.87. The largest absolute Gasteiger partial charge is 0.471 e. The summed E-state index contributed by atoms with van der Waals surface area (Å²) in [6.45, 7) is 6.40. The minimum Gasteiger partial charge on any atom is -0.471 e. The van der Waals surface area contributed by atoms with Gasteiger partial charge in [-0.2, -0.15) is 0 Å². The van der Waals surface area contributed by atoms with Crippen molar-refractivity contribution in [1.82, 2.24) is 0 Å². The Morgan fingerprint density at radius 1 is 0.837 bits per heavy atom. The number of carbonyl (C=O) groups excluding carboxylic acids is 6. The fourth-order valence-electron chi connectivity index (χ4n) is 5.57. The Hall–Kier alpha value is -3.76. The third-order valence-electron chi connectivity index (χ3n) is 7.20. The van der Waals surface area contributed by atoms with Crippen LogP contribution >= 0.6 is 0 Å². The van der Waals surface area contributed by atoms with Crippen molar-refractivity contribution in [3.8, 4) is 0 Å². The van der Waals surface area contributed by atoms with Gasteiger partial charge in [-0.3, -0.25) is 24.0 Å². The Morgan fingerprint density at radius 2 is 1.40 bits per heavy atom. The monoisotopic (exact) mass is 616 g/mol. The van der Waals surface area contributed by atoms with Crippen LogP contribution in [0.1, 0.15) is 48.0 Å². The van der Waals surface area contributed by atoms with E-state index in [1.54, 1.807) is 0 Å². The second-order valence-corrected chi connectivity index (χ2v) is 10.5. The molecule has 16 nitrogen and oxygen atoms in total. The quantitative estimate of drug-likeness (QED) is 0.263. The van der Waals surface area contributed by atoms with Crippen molar-refractivity contribution in [2.24, 2.45) is 11.8 Å². The molecular formula is C27H36O16. The first kappa shape index (κ1) is 33.7. The smallest absolute Gasteiger partial charge is 0.337 e. The van der Waals surface area contributed by atoms with E-state index in [9.17, 15) is 33.9 Å². The van der Waals surface area contributed by atoms with E-state index in [0.29, 0.717) is 0 Å². The molecule has 0 amide bonds. The summed E-state index contributed by atoms with van der Waals surface area (Å²) in [5, 5.41) is 11.6. The molecule has 0 radical (unpaired) electrons. The van der Waals surface area contributed by atoms with E-state index in [4.69, 9.17) is 42.6 Å². The fraction of sp³-hybridized carbons (Fsp3) is 0.704. The maximum atomic E-state index is 12.5. The summed E-state index contributed by atoms with van der Waals surface area (Å²) < 4.78 is 49.3. The van der Waals surface area contributed by atoms with Crippen molar-refractivity contribution in [1.29, 1.82) is 0 Å². The van der Waals surface area contributed by atoms with Gasteiger partial charge in [0.25, 0.3) is 0 Å². The summed E-state index contributed by atoms with van der Waals surface area (Å²) in [4.78, 5) is 72.2. The summed E-state index contributed by atoms with van der Waals surface area (Å²) in [7, 11) is 1.16. The maximum Gasteiger partial charge on any atom is 0.337 e. The maximum absolute atomic E-state index is 12.5. The zero-order valence-corrected chi connectivity index (χ0v) is 24.8. The van der Waals surface area contributed by atoms with Crippen LogP contribution in [0.15, 0.2) is 11.8 Å². The number of methoxy groups -OCH3 is 1. The third kappa shape index (κ3) is 7.80. The van der Waals surface area contributed by atoms with Crippen molar-refractivity contribution in [3.63, 3.8) is 0 Å². The van der Waals surface area contributed by atoms with Gasteiger partial charge in [-0.1, -0.05) is 0 Å². The number of hydrogen-bond donors (Lipinski definition) is 1. The van der Waals surface area contributed by atoms with Crippen LogP contribution in [-0.2, 0) is 71.4 Å². The zero-order chi connectivity index (χ0) is 32.2. The SMILES string of the molecule is COC(=O)C1=CO[C@@H](O[C@@H]2O[C@H](COC(C)=O)[C@@H](OC(C)=O)[C@H](OC(C)=O)[C@H]2OC(C)=O)[C@H]2[C@@H]1C[C@H](OC(C)=O)[C@]2(C)O. The summed E-state index contributed by atoms with van der Waals surface area (Å²) in [5.74, 6) is -6.50. The second kappa shape index (κ2) is 13.7. The lowest BCUT2D eigenvalue weighted by molar-refractivity contribution is -0.349. The van der Waals surface area contributed by atoms with Crippen molar-refractivity contribution in [3.05, 3.63) is 11.8 Å². The lowest BCUT2D eigenvalue weighted by atomic mass is 9.81. The van der Waals surface area contributed by atoms with Crippen molar-refractivity contribution in [2.75, 3.05) is 13.7 Å². The molecule has 16 heteroatoms. The standard InChI is InChI=1S/C27H36O16/c1-11(28)36-10-18-21(39-13(3)30)22(40-14(4)31)23(41-15(5)32)26(42-18)43-25-20-16(17(9-37-25)24(33)35-7)8-19(27(20,6)34)38-12(2)29/h9,16,18-23,25-26,34H,8,10H2,1-7H3/t16-,18-,19+,20-,21-,22+,23-,25+,26+,27+/m1/s1. The number of carbonyl (C=O) groups is 6. The first-order valence-electron chi connectivity index (χ1n) is 13.4. The van der Waals surface area contributed by atoms with E-state index in [1.165, 1.54) is 6.92 Å². The van der Waals surface area contributed by atoms with Gasteiger partial charge in [0.15, 0.2) is 18.3 Å². The molecule has 240 valence electrons. The molecular weight excluding hydrogens is 580 g/mol. The number of fused-ring (bicyclic) bond motifs is 1. The molecule has 1 aliphatic carbocycles. The molecule has 2 fully saturated rings. The first-order chi connectivity index (χ1) is 20.1. The van der Waals surface area contributed by atoms with Gasteiger partial charge in [0, 0.05) is 40.5 Å². The number of rotatable bonds is 9. The van der Waals surface area contributed by atoms with E-state index in [0.717, 1.165) is 48.0 Å². The Balaban J connectivity index is 2.06. The van der Waals surface area contributed by atoms with E-state index in [-0.39, 0.29) is 12.0 Å². The predicted octanol–water partition coefficient (Wildman–Crippen LogP) is -0.182. The minimum absolute atomic E-state index is 0.0000266. The molecule has 0 unspecified atom stereocenters. The van der Waals surface area contributed by atoms with Crippen LogP contribution in [-0.4, -0.2) is 103 Å². The Bertz CT molecular complexity index is 1140. The average molecular weight is 617 g/mol. The molecule has 0 aromatic heterocycles. The molecule has 43 heavy (non-hydrogen) atoms. The van der Waals surface area contributed by atoms with Gasteiger partial charge in [-0.15, -0.1) is 0 Å². The second-order valence-electron chi connectivity index (χ2n) is 10.5. The minimum atomic E-state index is -1.83. The normalized spacial score (nSPS) is 34.8. The highest BCUT2D eigenvalue weighted by Gasteiger charge is 2.62. The Kier molecular flexibility index (Phi) is 10.7. The van der Waals surface area contributed by atoms with Gasteiger partial charge in [0.05, 0.1) is 24.9 Å². The molecule has 0 spiro atoms. The van der Waals surface area contributed by atoms with E-state index >= 15 is 0 Å². The summed E-state index contributed by atoms with van der Waals surface area (Å²) in [6, 6.07) is 0. The lowest BCUT2D eigenvalue weighted by Gasteiger charge is -2.46. The molecule has 1 N–H and O–H groups in total. The van der Waals surface area contributed by atoms with E-state index < -0.39 is 103 Å². The molecule has 1 saturated carbocycles. The molecule has 3 rings (SSSR count). The van der Waals surface area contributed by atoms with Gasteiger partial charge in [0.2, 0.25) is 12.6 Å². The van der Waals surface area contributed by atoms with Crippen LogP contribution in [0, 0.1) is 11.8 Å². The number of esters is 6. The molecule has 3 aliphatic rings. The molecule has 0 bridgehead atoms. The molecule has 0 aromatic rings. The Morgan fingerprint density at radius 3 is 1.93 bits per heavy atom. The average Bonchev–Trinajstić information content (AvgIpc) is 3.14. The highest BCUT2D eigenvalue weighted by atomic mass is 16.8. The van der Waals surface area contributed by atoms with Crippen molar-refractivity contribution >= 4 is 35.8 Å². The van der Waals surface area contributed by atoms with Crippen LogP contribution in [0.2, 0.25) is 0 Å². The molecule has 2 aliphatic heterocycles. The lowest BCUT2D eigenvalue weighted by Crippen LogP contribution is -2.64. The predicted molar refractivity (Wildman–Crippen MR) is 136 cm³/mol. The van der Waals surface area contributed by atoms with Crippen LogP contribution < -0.4 is 0 Å². The fourth-order valence-corrected chi connectivity index (χ4v) is 5.57. The van der Waals surface area contributed by atoms with Crippen LogP contribution in [0.25, 0.3) is 0 Å². The van der Waals surface area contributed by atoms with Gasteiger partial charge >= 0.3 is 35.8 Å². The van der Waals surface area contributed by atoms with Crippen molar-refractivity contribution < 1.29 is 76.5 Å². The molecule has 1 saturated heterocycles. The van der Waals surface area contributed by atoms with Crippen LogP contribution in [0.5, 0.6) is 0 Å². The van der Waals surface area contributed by atoms with Crippen molar-refractivity contribution in [2.45, 2.75) is 96.7 Å². The molecule has 2 heterocycles. The van der Waals surface area contributed by atoms with Crippen LogP contribution in [0.4, 0.5) is 0 Å². The topological polar surface area (TPSA) is 206 Å². The van der Waals surface area contributed by atoms with E-state index in [2.05, 4.69) is 0 Å². The van der Waals surface area contributed by atoms with E-state index in [1.807, 2.05) is 0 Å². The van der Waals surface area contributed by atoms with Gasteiger partial charge in [0.1, 0.15) is 24.4 Å². The summed E-state index contributed by atoms with van der Waals surface area (Å²) >= 11 is 0.